The van der Waals surface area contributed by atoms with Crippen molar-refractivity contribution >= 4 is 33.0 Å². The summed E-state index contributed by atoms with van der Waals surface area (Å²) in [5.74, 6) is 0.666. The molecule has 0 amide bonds. The Morgan fingerprint density at radius 3 is 2.54 bits per heavy atom. The van der Waals surface area contributed by atoms with E-state index in [-0.39, 0.29) is 10.6 Å². The molecule has 0 atom stereocenters. The number of halogens is 1. The van der Waals surface area contributed by atoms with Gasteiger partial charge in [-0.2, -0.15) is 0 Å². The van der Waals surface area contributed by atoms with Crippen LogP contribution in [0, 0.1) is 16.0 Å². The lowest BCUT2D eigenvalue weighted by Crippen LogP contribution is -2.47. The SMILES string of the molecule is CC(C)CN1CCN(c2ccc([N+](=O)[O-])c(NCc3cccc(Br)c3)c2)CC1. The van der Waals surface area contributed by atoms with Gasteiger partial charge in [-0.05, 0) is 35.7 Å². The molecule has 1 aliphatic rings. The normalized spacial score (nSPS) is 15.1. The van der Waals surface area contributed by atoms with Gasteiger partial charge >= 0.3 is 0 Å². The van der Waals surface area contributed by atoms with Crippen LogP contribution < -0.4 is 10.2 Å². The summed E-state index contributed by atoms with van der Waals surface area (Å²) in [4.78, 5) is 15.9. The van der Waals surface area contributed by atoms with E-state index in [4.69, 9.17) is 0 Å². The van der Waals surface area contributed by atoms with Gasteiger partial charge in [0.2, 0.25) is 0 Å². The number of nitro benzene ring substituents is 1. The van der Waals surface area contributed by atoms with E-state index in [0.29, 0.717) is 18.2 Å². The Morgan fingerprint density at radius 1 is 1.14 bits per heavy atom. The third-order valence-electron chi connectivity index (χ3n) is 4.91. The summed E-state index contributed by atoms with van der Waals surface area (Å²) < 4.78 is 0.995. The van der Waals surface area contributed by atoms with E-state index in [1.165, 1.54) is 0 Å². The van der Waals surface area contributed by atoms with E-state index in [9.17, 15) is 10.1 Å². The lowest BCUT2D eigenvalue weighted by atomic mass is 10.1. The molecular weight excluding hydrogens is 420 g/mol. The molecule has 0 saturated carbocycles. The predicted molar refractivity (Wildman–Crippen MR) is 118 cm³/mol. The Balaban J connectivity index is 1.72. The van der Waals surface area contributed by atoms with Gasteiger partial charge in [0.05, 0.1) is 4.92 Å². The molecule has 6 nitrogen and oxygen atoms in total. The molecule has 1 heterocycles. The molecule has 1 aliphatic heterocycles. The summed E-state index contributed by atoms with van der Waals surface area (Å²) in [6, 6.07) is 13.3. The van der Waals surface area contributed by atoms with Crippen molar-refractivity contribution in [1.29, 1.82) is 0 Å². The van der Waals surface area contributed by atoms with Gasteiger partial charge in [-0.25, -0.2) is 0 Å². The minimum Gasteiger partial charge on any atom is -0.375 e. The van der Waals surface area contributed by atoms with Gasteiger partial charge in [0, 0.05) is 55.5 Å². The number of piperazine rings is 1. The highest BCUT2D eigenvalue weighted by atomic mass is 79.9. The molecule has 7 heteroatoms. The second-order valence-corrected chi connectivity index (χ2v) is 8.54. The maximum atomic E-state index is 11.5. The third kappa shape index (κ3) is 5.45. The number of hydrogen-bond acceptors (Lipinski definition) is 5. The number of nitrogens with zero attached hydrogens (tertiary/aromatic N) is 3. The van der Waals surface area contributed by atoms with Crippen molar-refractivity contribution in [2.24, 2.45) is 5.92 Å². The maximum absolute atomic E-state index is 11.5. The van der Waals surface area contributed by atoms with Crippen LogP contribution in [0.15, 0.2) is 46.9 Å². The van der Waals surface area contributed by atoms with Crippen LogP contribution in [0.5, 0.6) is 0 Å². The second-order valence-electron chi connectivity index (χ2n) is 7.62. The minimum absolute atomic E-state index is 0.109. The first kappa shape index (κ1) is 20.6. The molecule has 3 rings (SSSR count). The van der Waals surface area contributed by atoms with Crippen LogP contribution >= 0.6 is 15.9 Å². The fourth-order valence-corrected chi connectivity index (χ4v) is 4.02. The summed E-state index contributed by atoms with van der Waals surface area (Å²) >= 11 is 3.46. The minimum atomic E-state index is -0.326. The monoisotopic (exact) mass is 446 g/mol. The van der Waals surface area contributed by atoms with E-state index in [1.807, 2.05) is 36.4 Å². The average molecular weight is 447 g/mol. The number of benzene rings is 2. The first-order chi connectivity index (χ1) is 13.4. The van der Waals surface area contributed by atoms with Gasteiger partial charge in [0.25, 0.3) is 5.69 Å². The lowest BCUT2D eigenvalue weighted by molar-refractivity contribution is -0.384. The molecule has 0 spiro atoms. The van der Waals surface area contributed by atoms with Crippen LogP contribution in [-0.4, -0.2) is 42.5 Å². The van der Waals surface area contributed by atoms with Crippen molar-refractivity contribution < 1.29 is 4.92 Å². The van der Waals surface area contributed by atoms with Gasteiger partial charge in [-0.15, -0.1) is 0 Å². The molecule has 2 aromatic carbocycles. The summed E-state index contributed by atoms with van der Waals surface area (Å²) in [6.45, 7) is 10.1. The highest BCUT2D eigenvalue weighted by Crippen LogP contribution is 2.30. The molecule has 0 unspecified atom stereocenters. The zero-order valence-electron chi connectivity index (χ0n) is 16.4. The van der Waals surface area contributed by atoms with Gasteiger partial charge in [-0.3, -0.25) is 15.0 Å². The van der Waals surface area contributed by atoms with E-state index < -0.39 is 0 Å². The van der Waals surface area contributed by atoms with Crippen LogP contribution in [0.1, 0.15) is 19.4 Å². The highest BCUT2D eigenvalue weighted by molar-refractivity contribution is 9.10. The molecule has 28 heavy (non-hydrogen) atoms. The maximum Gasteiger partial charge on any atom is 0.292 e. The predicted octanol–water partition coefficient (Wildman–Crippen LogP) is 4.75. The first-order valence-corrected chi connectivity index (χ1v) is 10.5. The van der Waals surface area contributed by atoms with Crippen molar-refractivity contribution in [2.75, 3.05) is 42.9 Å². The standard InChI is InChI=1S/C21H27BrN4O2/c1-16(2)15-24-8-10-25(11-9-24)19-6-7-21(26(27)28)20(13-19)23-14-17-4-3-5-18(22)12-17/h3-7,12-13,16,23H,8-11,14-15H2,1-2H3. The first-order valence-electron chi connectivity index (χ1n) is 9.66. The van der Waals surface area contributed by atoms with E-state index in [0.717, 1.165) is 48.4 Å². The summed E-state index contributed by atoms with van der Waals surface area (Å²) in [5, 5.41) is 14.7. The Hall–Kier alpha value is -2.12. The van der Waals surface area contributed by atoms with E-state index >= 15 is 0 Å². The fourth-order valence-electron chi connectivity index (χ4n) is 3.57. The molecule has 0 aliphatic carbocycles. The van der Waals surface area contributed by atoms with Crippen LogP contribution in [0.25, 0.3) is 0 Å². The molecule has 0 bridgehead atoms. The highest BCUT2D eigenvalue weighted by Gasteiger charge is 2.21. The average Bonchev–Trinajstić information content (AvgIpc) is 2.66. The quantitative estimate of drug-likeness (QED) is 0.491. The van der Waals surface area contributed by atoms with Gasteiger partial charge in [-0.1, -0.05) is 41.9 Å². The second kappa shape index (κ2) is 9.39. The van der Waals surface area contributed by atoms with Crippen molar-refractivity contribution in [3.8, 4) is 0 Å². The molecule has 1 N–H and O–H groups in total. The molecule has 150 valence electrons. The molecular formula is C21H27BrN4O2. The number of rotatable bonds is 7. The third-order valence-corrected chi connectivity index (χ3v) is 5.40. The zero-order valence-corrected chi connectivity index (χ0v) is 18.0. The number of nitro groups is 1. The van der Waals surface area contributed by atoms with Crippen LogP contribution in [0.3, 0.4) is 0 Å². The number of nitrogens with one attached hydrogen (secondary N) is 1. The van der Waals surface area contributed by atoms with Gasteiger partial charge < -0.3 is 10.2 Å². The van der Waals surface area contributed by atoms with Crippen LogP contribution in [0.2, 0.25) is 0 Å². The fraction of sp³-hybridized carbons (Fsp3) is 0.429. The summed E-state index contributed by atoms with van der Waals surface area (Å²) in [7, 11) is 0. The van der Waals surface area contributed by atoms with Crippen molar-refractivity contribution in [2.45, 2.75) is 20.4 Å². The summed E-state index contributed by atoms with van der Waals surface area (Å²) in [5.41, 5.74) is 2.77. The Morgan fingerprint density at radius 2 is 1.89 bits per heavy atom. The Labute approximate surface area is 174 Å². The largest absolute Gasteiger partial charge is 0.375 e. The van der Waals surface area contributed by atoms with Crippen LogP contribution in [0.4, 0.5) is 17.1 Å². The lowest BCUT2D eigenvalue weighted by Gasteiger charge is -2.37. The number of anilines is 2. The van der Waals surface area contributed by atoms with E-state index in [2.05, 4.69) is 44.9 Å². The van der Waals surface area contributed by atoms with Crippen molar-refractivity contribution in [3.63, 3.8) is 0 Å². The Bertz CT molecular complexity index is 820. The van der Waals surface area contributed by atoms with E-state index in [1.54, 1.807) is 6.07 Å². The Kier molecular flexibility index (Phi) is 6.91. The van der Waals surface area contributed by atoms with Crippen molar-refractivity contribution in [1.82, 2.24) is 4.90 Å². The molecule has 2 aromatic rings. The topological polar surface area (TPSA) is 61.7 Å². The van der Waals surface area contributed by atoms with Gasteiger partial charge in [0.15, 0.2) is 0 Å². The number of hydrogen-bond donors (Lipinski definition) is 1. The van der Waals surface area contributed by atoms with Crippen molar-refractivity contribution in [3.05, 3.63) is 62.6 Å². The summed E-state index contributed by atoms with van der Waals surface area (Å²) in [6.07, 6.45) is 0. The smallest absolute Gasteiger partial charge is 0.292 e. The van der Waals surface area contributed by atoms with Crippen LogP contribution in [-0.2, 0) is 6.54 Å². The molecule has 0 aromatic heterocycles. The van der Waals surface area contributed by atoms with Gasteiger partial charge in [0.1, 0.15) is 5.69 Å². The molecule has 1 saturated heterocycles. The molecule has 0 radical (unpaired) electrons. The zero-order chi connectivity index (χ0) is 20.1. The molecule has 1 fully saturated rings.